The molecule has 0 saturated carbocycles. The Morgan fingerprint density at radius 3 is 2.41 bits per heavy atom. The molecule has 0 spiro atoms. The van der Waals surface area contributed by atoms with Gasteiger partial charge in [-0.2, -0.15) is 0 Å². The van der Waals surface area contributed by atoms with Crippen LogP contribution in [0, 0.1) is 13.8 Å². The summed E-state index contributed by atoms with van der Waals surface area (Å²) in [7, 11) is 0. The summed E-state index contributed by atoms with van der Waals surface area (Å²) < 4.78 is 16.1. The zero-order valence-electron chi connectivity index (χ0n) is 14.9. The molecule has 0 fully saturated rings. The second-order valence-corrected chi connectivity index (χ2v) is 5.90. The molecule has 3 aromatic rings. The lowest BCUT2D eigenvalue weighted by molar-refractivity contribution is 0.0733. The second-order valence-electron chi connectivity index (χ2n) is 5.90. The number of hydrogen-bond donors (Lipinski definition) is 1. The molecule has 0 aliphatic heterocycles. The number of nitrogens with zero attached hydrogens (tertiary/aromatic N) is 1. The summed E-state index contributed by atoms with van der Waals surface area (Å²) in [5.41, 5.74) is 7.52. The van der Waals surface area contributed by atoms with E-state index in [0.717, 1.165) is 11.3 Å². The van der Waals surface area contributed by atoms with Gasteiger partial charge in [-0.1, -0.05) is 11.2 Å². The zero-order valence-corrected chi connectivity index (χ0v) is 14.9. The van der Waals surface area contributed by atoms with E-state index < -0.39 is 11.9 Å². The van der Waals surface area contributed by atoms with Gasteiger partial charge in [-0.25, -0.2) is 4.79 Å². The molecular weight excluding hydrogens is 348 g/mol. The second kappa shape index (κ2) is 7.74. The van der Waals surface area contributed by atoms with Gasteiger partial charge in [0.1, 0.15) is 23.9 Å². The van der Waals surface area contributed by atoms with Crippen LogP contribution in [0.2, 0.25) is 0 Å². The van der Waals surface area contributed by atoms with E-state index in [4.69, 9.17) is 19.7 Å². The van der Waals surface area contributed by atoms with Gasteiger partial charge >= 0.3 is 5.97 Å². The van der Waals surface area contributed by atoms with Crippen LogP contribution in [0.15, 0.2) is 53.1 Å². The van der Waals surface area contributed by atoms with Gasteiger partial charge in [-0.15, -0.1) is 0 Å². The van der Waals surface area contributed by atoms with E-state index in [1.165, 1.54) is 6.07 Å². The van der Waals surface area contributed by atoms with Crippen molar-refractivity contribution in [1.82, 2.24) is 5.16 Å². The highest BCUT2D eigenvalue weighted by Gasteiger charge is 2.12. The Labute approximate surface area is 155 Å². The third kappa shape index (κ3) is 4.33. The Hall–Kier alpha value is -3.61. The van der Waals surface area contributed by atoms with E-state index >= 15 is 0 Å². The molecule has 7 heteroatoms. The summed E-state index contributed by atoms with van der Waals surface area (Å²) in [4.78, 5) is 23.4. The van der Waals surface area contributed by atoms with Crippen molar-refractivity contribution >= 4 is 11.9 Å². The number of hydrogen-bond acceptors (Lipinski definition) is 6. The smallest absolute Gasteiger partial charge is 0.343 e. The number of aromatic nitrogens is 1. The molecule has 27 heavy (non-hydrogen) atoms. The van der Waals surface area contributed by atoms with E-state index in [2.05, 4.69) is 5.16 Å². The lowest BCUT2D eigenvalue weighted by atomic mass is 10.2. The van der Waals surface area contributed by atoms with E-state index in [-0.39, 0.29) is 11.3 Å². The molecular formula is C20H18N2O5. The van der Waals surface area contributed by atoms with Gasteiger partial charge in [0.05, 0.1) is 16.8 Å². The minimum Gasteiger partial charge on any atom is -0.489 e. The third-order valence-corrected chi connectivity index (χ3v) is 3.98. The van der Waals surface area contributed by atoms with E-state index in [9.17, 15) is 9.59 Å². The van der Waals surface area contributed by atoms with Crippen LogP contribution >= 0.6 is 0 Å². The summed E-state index contributed by atoms with van der Waals surface area (Å²) in [6.07, 6.45) is 0. The minimum absolute atomic E-state index is 0.245. The summed E-state index contributed by atoms with van der Waals surface area (Å²) >= 11 is 0. The van der Waals surface area contributed by atoms with E-state index in [1.54, 1.807) is 42.5 Å². The monoisotopic (exact) mass is 366 g/mol. The summed E-state index contributed by atoms with van der Waals surface area (Å²) in [6, 6.07) is 12.7. The fourth-order valence-corrected chi connectivity index (χ4v) is 2.43. The van der Waals surface area contributed by atoms with Gasteiger partial charge in [0.25, 0.3) is 0 Å². The van der Waals surface area contributed by atoms with Crippen LogP contribution in [0.25, 0.3) is 0 Å². The Morgan fingerprint density at radius 1 is 1.04 bits per heavy atom. The van der Waals surface area contributed by atoms with E-state index in [0.29, 0.717) is 23.7 Å². The van der Waals surface area contributed by atoms with Gasteiger partial charge in [0, 0.05) is 5.56 Å². The number of carbonyl (C=O) groups is 2. The van der Waals surface area contributed by atoms with Crippen molar-refractivity contribution in [2.75, 3.05) is 0 Å². The minimum atomic E-state index is -0.590. The first-order valence-corrected chi connectivity index (χ1v) is 8.20. The maximum Gasteiger partial charge on any atom is 0.343 e. The number of carbonyl (C=O) groups excluding carboxylic acids is 2. The molecule has 0 aliphatic carbocycles. The van der Waals surface area contributed by atoms with Crippen LogP contribution < -0.4 is 15.2 Å². The van der Waals surface area contributed by atoms with Crippen molar-refractivity contribution in [3.05, 3.63) is 76.7 Å². The topological polar surface area (TPSA) is 105 Å². The summed E-state index contributed by atoms with van der Waals surface area (Å²) in [5, 5.41) is 3.88. The van der Waals surface area contributed by atoms with Crippen molar-refractivity contribution < 1.29 is 23.6 Å². The number of primary amides is 1. The average molecular weight is 366 g/mol. The van der Waals surface area contributed by atoms with Crippen LogP contribution in [0.5, 0.6) is 11.5 Å². The molecule has 0 bridgehead atoms. The maximum atomic E-state index is 12.2. The largest absolute Gasteiger partial charge is 0.489 e. The standard InChI is InChI=1S/C20H18N2O5/c1-12-18(13(2)27-22-12)11-25-16-8-6-14(7-9-16)20(24)26-17-5-3-4-15(10-17)19(21)23/h3-10H,11H2,1-2H3,(H2,21,23). The highest BCUT2D eigenvalue weighted by molar-refractivity contribution is 5.94. The molecule has 138 valence electrons. The Kier molecular flexibility index (Phi) is 5.21. The van der Waals surface area contributed by atoms with Crippen LogP contribution in [0.4, 0.5) is 0 Å². The molecule has 0 radical (unpaired) electrons. The first kappa shape index (κ1) is 18.2. The molecule has 0 saturated heterocycles. The number of nitrogens with two attached hydrogens (primary N) is 1. The van der Waals surface area contributed by atoms with Crippen LogP contribution in [-0.2, 0) is 6.61 Å². The molecule has 1 heterocycles. The van der Waals surface area contributed by atoms with Crippen molar-refractivity contribution in [3.63, 3.8) is 0 Å². The number of amides is 1. The normalized spacial score (nSPS) is 10.4. The van der Waals surface area contributed by atoms with E-state index in [1.807, 2.05) is 13.8 Å². The summed E-state index contributed by atoms with van der Waals surface area (Å²) in [5.74, 6) is 0.421. The average Bonchev–Trinajstić information content (AvgIpc) is 2.98. The van der Waals surface area contributed by atoms with Crippen LogP contribution in [0.1, 0.15) is 37.7 Å². The first-order chi connectivity index (χ1) is 12.9. The SMILES string of the molecule is Cc1noc(C)c1COc1ccc(C(=O)Oc2cccc(C(N)=O)c2)cc1. The van der Waals surface area contributed by atoms with Crippen molar-refractivity contribution in [1.29, 1.82) is 0 Å². The predicted octanol–water partition coefficient (Wildman–Crippen LogP) is 3.19. The number of benzene rings is 2. The third-order valence-electron chi connectivity index (χ3n) is 3.98. The van der Waals surface area contributed by atoms with Crippen molar-refractivity contribution in [2.24, 2.45) is 5.73 Å². The Bertz CT molecular complexity index is 957. The van der Waals surface area contributed by atoms with Gasteiger partial charge in [-0.05, 0) is 56.3 Å². The number of esters is 1. The van der Waals surface area contributed by atoms with Gasteiger partial charge in [-0.3, -0.25) is 4.79 Å². The molecule has 0 atom stereocenters. The fraction of sp³-hybridized carbons (Fsp3) is 0.150. The number of ether oxygens (including phenoxy) is 2. The van der Waals surface area contributed by atoms with Crippen LogP contribution in [0.3, 0.4) is 0 Å². The molecule has 7 nitrogen and oxygen atoms in total. The van der Waals surface area contributed by atoms with Crippen LogP contribution in [-0.4, -0.2) is 17.0 Å². The fourth-order valence-electron chi connectivity index (χ4n) is 2.43. The predicted molar refractivity (Wildman–Crippen MR) is 96.7 cm³/mol. The van der Waals surface area contributed by atoms with Crippen molar-refractivity contribution in [3.8, 4) is 11.5 Å². The molecule has 1 aromatic heterocycles. The quantitative estimate of drug-likeness (QED) is 0.531. The van der Waals surface area contributed by atoms with Gasteiger partial charge in [0.15, 0.2) is 0 Å². The molecule has 0 aliphatic rings. The van der Waals surface area contributed by atoms with Gasteiger partial charge in [0.2, 0.25) is 5.91 Å². The molecule has 3 rings (SSSR count). The maximum absolute atomic E-state index is 12.2. The Balaban J connectivity index is 1.63. The van der Waals surface area contributed by atoms with Crippen molar-refractivity contribution in [2.45, 2.75) is 20.5 Å². The zero-order chi connectivity index (χ0) is 19.4. The highest BCUT2D eigenvalue weighted by Crippen LogP contribution is 2.19. The molecule has 0 unspecified atom stereocenters. The molecule has 2 aromatic carbocycles. The number of rotatable bonds is 6. The molecule has 1 amide bonds. The number of aryl methyl sites for hydroxylation is 2. The molecule has 2 N–H and O–H groups in total. The lowest BCUT2D eigenvalue weighted by Crippen LogP contribution is -2.12. The highest BCUT2D eigenvalue weighted by atomic mass is 16.5. The lowest BCUT2D eigenvalue weighted by Gasteiger charge is -2.08. The van der Waals surface area contributed by atoms with Gasteiger partial charge < -0.3 is 19.7 Å². The first-order valence-electron chi connectivity index (χ1n) is 8.20. The Morgan fingerprint density at radius 2 is 1.78 bits per heavy atom. The summed E-state index contributed by atoms with van der Waals surface area (Å²) in [6.45, 7) is 4.00.